The van der Waals surface area contributed by atoms with Crippen molar-refractivity contribution in [1.82, 2.24) is 10.2 Å². The van der Waals surface area contributed by atoms with Crippen LogP contribution in [-0.4, -0.2) is 18.1 Å². The van der Waals surface area contributed by atoms with Gasteiger partial charge in [-0.1, -0.05) is 12.1 Å². The highest BCUT2D eigenvalue weighted by atomic mass is 19.1. The molecule has 0 saturated carbocycles. The fraction of sp³-hybridized carbons (Fsp3) is 0.273. The Morgan fingerprint density at radius 3 is 2.60 bits per heavy atom. The van der Waals surface area contributed by atoms with Crippen molar-refractivity contribution in [1.29, 1.82) is 0 Å². The van der Waals surface area contributed by atoms with Crippen LogP contribution in [0.4, 0.5) is 4.39 Å². The van der Waals surface area contributed by atoms with E-state index < -0.39 is 0 Å². The topological polar surface area (TPSA) is 41.3 Å². The molecule has 0 amide bonds. The van der Waals surface area contributed by atoms with E-state index in [-0.39, 0.29) is 18.0 Å². The van der Waals surface area contributed by atoms with Crippen LogP contribution >= 0.6 is 0 Å². The molecule has 2 rings (SSSR count). The van der Waals surface area contributed by atoms with Crippen LogP contribution in [0.5, 0.6) is 0 Å². The van der Waals surface area contributed by atoms with Gasteiger partial charge in [-0.3, -0.25) is 0 Å². The van der Waals surface area contributed by atoms with Gasteiger partial charge in [0.25, 0.3) is 0 Å². The van der Waals surface area contributed by atoms with Gasteiger partial charge in [0, 0.05) is 19.4 Å². The van der Waals surface area contributed by atoms with Crippen molar-refractivity contribution in [2.45, 2.75) is 12.2 Å². The molecule has 0 saturated heterocycles. The van der Waals surface area contributed by atoms with Crippen LogP contribution in [0.2, 0.25) is 0 Å². The van der Waals surface area contributed by atoms with E-state index in [4.69, 9.17) is 5.73 Å². The first kappa shape index (κ1) is 9.98. The Hall–Kier alpha value is -1.55. The maximum Gasteiger partial charge on any atom is 0.123 e. The Bertz CT molecular complexity index is 361. The fourth-order valence-electron chi connectivity index (χ4n) is 1.69. The molecule has 0 radical (unpaired) electrons. The fourth-order valence-corrected chi connectivity index (χ4v) is 1.69. The Morgan fingerprint density at radius 1 is 1.40 bits per heavy atom. The standard InChI is InChI=1S/C11H14FN3/c1-15-7-6-14-11(15)10(13)8-2-4-9(12)5-3-8/h2-7,10-11,14H,13H2,1H3/t10-,11?/m1/s1. The first-order valence-electron chi connectivity index (χ1n) is 4.84. The Kier molecular flexibility index (Phi) is 2.60. The molecule has 1 aromatic rings. The highest BCUT2D eigenvalue weighted by molar-refractivity contribution is 5.22. The van der Waals surface area contributed by atoms with Crippen molar-refractivity contribution >= 4 is 0 Å². The summed E-state index contributed by atoms with van der Waals surface area (Å²) in [5, 5.41) is 3.15. The summed E-state index contributed by atoms with van der Waals surface area (Å²) in [6.45, 7) is 0. The zero-order chi connectivity index (χ0) is 10.8. The summed E-state index contributed by atoms with van der Waals surface area (Å²) in [5.41, 5.74) is 6.99. The molecule has 1 aliphatic heterocycles. The first-order chi connectivity index (χ1) is 7.18. The summed E-state index contributed by atoms with van der Waals surface area (Å²) in [7, 11) is 1.95. The van der Waals surface area contributed by atoms with Gasteiger partial charge in [0.2, 0.25) is 0 Å². The van der Waals surface area contributed by atoms with Crippen LogP contribution in [0, 0.1) is 5.82 Å². The number of nitrogens with zero attached hydrogens (tertiary/aromatic N) is 1. The SMILES string of the molecule is CN1C=CNC1[C@H](N)c1ccc(F)cc1. The van der Waals surface area contributed by atoms with E-state index in [1.54, 1.807) is 12.1 Å². The smallest absolute Gasteiger partial charge is 0.123 e. The first-order valence-corrected chi connectivity index (χ1v) is 4.84. The molecule has 1 aliphatic rings. The Labute approximate surface area is 88.4 Å². The minimum Gasteiger partial charge on any atom is -0.368 e. The predicted octanol–water partition coefficient (Wildman–Crippen LogP) is 1.16. The van der Waals surface area contributed by atoms with Gasteiger partial charge in [-0.2, -0.15) is 0 Å². The molecular weight excluding hydrogens is 193 g/mol. The number of nitrogens with two attached hydrogens (primary N) is 1. The second-order valence-corrected chi connectivity index (χ2v) is 3.67. The Morgan fingerprint density at radius 2 is 2.07 bits per heavy atom. The van der Waals surface area contributed by atoms with Crippen molar-refractivity contribution in [2.75, 3.05) is 7.05 Å². The largest absolute Gasteiger partial charge is 0.368 e. The summed E-state index contributed by atoms with van der Waals surface area (Å²) >= 11 is 0. The molecular formula is C11H14FN3. The lowest BCUT2D eigenvalue weighted by molar-refractivity contribution is 0.285. The molecule has 3 N–H and O–H groups in total. The molecule has 80 valence electrons. The van der Waals surface area contributed by atoms with Gasteiger partial charge in [0.15, 0.2) is 0 Å². The molecule has 0 bridgehead atoms. The molecule has 15 heavy (non-hydrogen) atoms. The maximum absolute atomic E-state index is 12.7. The normalized spacial score (nSPS) is 21.5. The number of likely N-dealkylation sites (N-methyl/N-ethyl adjacent to an activating group) is 1. The number of nitrogens with one attached hydrogen (secondary N) is 1. The van der Waals surface area contributed by atoms with E-state index in [1.807, 2.05) is 24.3 Å². The number of benzene rings is 1. The van der Waals surface area contributed by atoms with E-state index in [2.05, 4.69) is 5.32 Å². The van der Waals surface area contributed by atoms with E-state index in [1.165, 1.54) is 12.1 Å². The van der Waals surface area contributed by atoms with Crippen LogP contribution in [0.1, 0.15) is 11.6 Å². The molecule has 1 unspecified atom stereocenters. The second kappa shape index (κ2) is 3.90. The van der Waals surface area contributed by atoms with Gasteiger partial charge in [-0.05, 0) is 17.7 Å². The van der Waals surface area contributed by atoms with E-state index in [0.717, 1.165) is 5.56 Å². The summed E-state index contributed by atoms with van der Waals surface area (Å²) < 4.78 is 12.7. The average Bonchev–Trinajstić information content (AvgIpc) is 2.65. The van der Waals surface area contributed by atoms with Crippen LogP contribution < -0.4 is 11.1 Å². The zero-order valence-electron chi connectivity index (χ0n) is 8.52. The van der Waals surface area contributed by atoms with Crippen LogP contribution in [0.3, 0.4) is 0 Å². The van der Waals surface area contributed by atoms with E-state index in [0.29, 0.717) is 0 Å². The van der Waals surface area contributed by atoms with Gasteiger partial charge in [-0.25, -0.2) is 4.39 Å². The highest BCUT2D eigenvalue weighted by Gasteiger charge is 2.23. The average molecular weight is 207 g/mol. The van der Waals surface area contributed by atoms with Crippen molar-refractivity contribution in [3.05, 3.63) is 48.0 Å². The number of rotatable bonds is 2. The second-order valence-electron chi connectivity index (χ2n) is 3.67. The van der Waals surface area contributed by atoms with Crippen molar-refractivity contribution in [3.63, 3.8) is 0 Å². The number of hydrogen-bond donors (Lipinski definition) is 2. The molecule has 0 fully saturated rings. The molecule has 0 spiro atoms. The lowest BCUT2D eigenvalue weighted by Crippen LogP contribution is -2.42. The van der Waals surface area contributed by atoms with Gasteiger partial charge in [0.05, 0.1) is 6.04 Å². The molecule has 2 atom stereocenters. The van der Waals surface area contributed by atoms with E-state index >= 15 is 0 Å². The van der Waals surface area contributed by atoms with Crippen LogP contribution in [0.25, 0.3) is 0 Å². The van der Waals surface area contributed by atoms with Gasteiger partial charge >= 0.3 is 0 Å². The molecule has 0 aromatic heterocycles. The third-order valence-electron chi connectivity index (χ3n) is 2.61. The third kappa shape index (κ3) is 1.94. The van der Waals surface area contributed by atoms with Crippen LogP contribution in [-0.2, 0) is 0 Å². The molecule has 0 aliphatic carbocycles. The van der Waals surface area contributed by atoms with E-state index in [9.17, 15) is 4.39 Å². The summed E-state index contributed by atoms with van der Waals surface area (Å²) in [4.78, 5) is 1.99. The van der Waals surface area contributed by atoms with Crippen LogP contribution in [0.15, 0.2) is 36.7 Å². The molecule has 4 heteroatoms. The maximum atomic E-state index is 12.7. The number of halogens is 1. The highest BCUT2D eigenvalue weighted by Crippen LogP contribution is 2.19. The third-order valence-corrected chi connectivity index (χ3v) is 2.61. The molecule has 1 heterocycles. The van der Waals surface area contributed by atoms with Gasteiger partial charge < -0.3 is 16.0 Å². The molecule has 3 nitrogen and oxygen atoms in total. The lowest BCUT2D eigenvalue weighted by Gasteiger charge is -2.27. The van der Waals surface area contributed by atoms with Crippen molar-refractivity contribution in [2.24, 2.45) is 5.73 Å². The number of hydrogen-bond acceptors (Lipinski definition) is 3. The summed E-state index contributed by atoms with van der Waals surface area (Å²) in [6, 6.07) is 6.11. The minimum absolute atomic E-state index is 0.0375. The summed E-state index contributed by atoms with van der Waals surface area (Å²) in [5.74, 6) is -0.239. The minimum atomic E-state index is -0.239. The quantitative estimate of drug-likeness (QED) is 0.764. The molecule has 1 aromatic carbocycles. The lowest BCUT2D eigenvalue weighted by atomic mass is 10.0. The monoisotopic (exact) mass is 207 g/mol. The van der Waals surface area contributed by atoms with Gasteiger partial charge in [-0.15, -0.1) is 0 Å². The predicted molar refractivity (Wildman–Crippen MR) is 57.2 cm³/mol. The Balaban J connectivity index is 2.14. The summed E-state index contributed by atoms with van der Waals surface area (Å²) in [6.07, 6.45) is 3.82. The van der Waals surface area contributed by atoms with Crippen molar-refractivity contribution < 1.29 is 4.39 Å². The van der Waals surface area contributed by atoms with Gasteiger partial charge in [0.1, 0.15) is 12.0 Å². The van der Waals surface area contributed by atoms with Crippen molar-refractivity contribution in [3.8, 4) is 0 Å². The zero-order valence-corrected chi connectivity index (χ0v) is 8.52.